The van der Waals surface area contributed by atoms with Crippen LogP contribution < -0.4 is 14.8 Å². The van der Waals surface area contributed by atoms with Crippen molar-refractivity contribution in [1.82, 2.24) is 9.88 Å². The highest BCUT2D eigenvalue weighted by molar-refractivity contribution is 5.92. The van der Waals surface area contributed by atoms with E-state index >= 15 is 0 Å². The summed E-state index contributed by atoms with van der Waals surface area (Å²) in [5, 5.41) is 3.23. The van der Waals surface area contributed by atoms with Gasteiger partial charge in [0.2, 0.25) is 0 Å². The molecule has 1 saturated heterocycles. The zero-order valence-electron chi connectivity index (χ0n) is 14.3. The van der Waals surface area contributed by atoms with Crippen LogP contribution >= 0.6 is 0 Å². The summed E-state index contributed by atoms with van der Waals surface area (Å²) in [5.74, 6) is 1.30. The molecule has 1 N–H and O–H groups in total. The number of anilines is 2. The number of nitrogens with zero attached hydrogens (tertiary/aromatic N) is 2. The van der Waals surface area contributed by atoms with Crippen LogP contribution in [0.3, 0.4) is 0 Å². The lowest BCUT2D eigenvalue weighted by atomic mass is 10.2. The lowest BCUT2D eigenvalue weighted by Crippen LogP contribution is -2.41. The number of nitrogens with one attached hydrogen (secondary N) is 1. The predicted molar refractivity (Wildman–Crippen MR) is 93.8 cm³/mol. The predicted octanol–water partition coefficient (Wildman–Crippen LogP) is 2.31. The maximum Gasteiger partial charge on any atom is 0.272 e. The molecule has 1 amide bonds. The Morgan fingerprint density at radius 3 is 2.60 bits per heavy atom. The standard InChI is InChI=1S/C18H21N3O4/c1-23-14-4-6-15(17(11-14)24-2)20-13-3-5-16(19-12-13)18(22)21-7-9-25-10-8-21/h3-6,11-12,20H,7-10H2,1-2H3. The van der Waals surface area contributed by atoms with Gasteiger partial charge in [0.15, 0.2) is 0 Å². The van der Waals surface area contributed by atoms with Gasteiger partial charge in [-0.3, -0.25) is 4.79 Å². The lowest BCUT2D eigenvalue weighted by molar-refractivity contribution is 0.0299. The number of hydrogen-bond donors (Lipinski definition) is 1. The molecule has 7 heteroatoms. The van der Waals surface area contributed by atoms with E-state index in [-0.39, 0.29) is 5.91 Å². The van der Waals surface area contributed by atoms with Crippen molar-refractivity contribution >= 4 is 17.3 Å². The fourth-order valence-electron chi connectivity index (χ4n) is 2.58. The topological polar surface area (TPSA) is 72.9 Å². The molecule has 1 aromatic heterocycles. The van der Waals surface area contributed by atoms with Crippen LogP contribution in [0.25, 0.3) is 0 Å². The highest BCUT2D eigenvalue weighted by atomic mass is 16.5. The summed E-state index contributed by atoms with van der Waals surface area (Å²) in [7, 11) is 3.21. The van der Waals surface area contributed by atoms with Crippen LogP contribution in [0.2, 0.25) is 0 Å². The van der Waals surface area contributed by atoms with Crippen molar-refractivity contribution in [3.63, 3.8) is 0 Å². The van der Waals surface area contributed by atoms with E-state index in [1.165, 1.54) is 0 Å². The van der Waals surface area contributed by atoms with Crippen LogP contribution in [0.1, 0.15) is 10.5 Å². The van der Waals surface area contributed by atoms with Gasteiger partial charge in [-0.15, -0.1) is 0 Å². The molecule has 0 spiro atoms. The quantitative estimate of drug-likeness (QED) is 0.898. The van der Waals surface area contributed by atoms with Crippen LogP contribution in [0.15, 0.2) is 36.5 Å². The van der Waals surface area contributed by atoms with E-state index < -0.39 is 0 Å². The summed E-state index contributed by atoms with van der Waals surface area (Å²) in [6.07, 6.45) is 1.64. The van der Waals surface area contributed by atoms with Crippen LogP contribution in [-0.4, -0.2) is 56.3 Å². The van der Waals surface area contributed by atoms with Crippen molar-refractivity contribution in [2.75, 3.05) is 45.8 Å². The van der Waals surface area contributed by atoms with E-state index in [4.69, 9.17) is 14.2 Å². The smallest absolute Gasteiger partial charge is 0.272 e. The van der Waals surface area contributed by atoms with Crippen molar-refractivity contribution in [3.8, 4) is 11.5 Å². The van der Waals surface area contributed by atoms with Gasteiger partial charge in [-0.25, -0.2) is 4.98 Å². The minimum atomic E-state index is -0.0723. The number of ether oxygens (including phenoxy) is 3. The Bertz CT molecular complexity index is 728. The summed E-state index contributed by atoms with van der Waals surface area (Å²) in [4.78, 5) is 18.4. The Hall–Kier alpha value is -2.80. The number of carbonyl (C=O) groups excluding carboxylic acids is 1. The molecule has 1 fully saturated rings. The number of benzene rings is 1. The molecule has 0 aliphatic carbocycles. The van der Waals surface area contributed by atoms with Gasteiger partial charge in [-0.1, -0.05) is 0 Å². The molecule has 1 aliphatic rings. The van der Waals surface area contributed by atoms with Crippen molar-refractivity contribution in [2.24, 2.45) is 0 Å². The first kappa shape index (κ1) is 17.0. The molecular formula is C18H21N3O4. The molecular weight excluding hydrogens is 322 g/mol. The average Bonchev–Trinajstić information content (AvgIpc) is 2.69. The van der Waals surface area contributed by atoms with Crippen molar-refractivity contribution in [2.45, 2.75) is 0 Å². The van der Waals surface area contributed by atoms with E-state index in [2.05, 4.69) is 10.3 Å². The van der Waals surface area contributed by atoms with Gasteiger partial charge in [-0.2, -0.15) is 0 Å². The number of amides is 1. The number of aromatic nitrogens is 1. The molecule has 2 heterocycles. The van der Waals surface area contributed by atoms with Crippen molar-refractivity contribution in [3.05, 3.63) is 42.2 Å². The number of morpholine rings is 1. The van der Waals surface area contributed by atoms with Crippen LogP contribution in [0.4, 0.5) is 11.4 Å². The number of rotatable bonds is 5. The van der Waals surface area contributed by atoms with Gasteiger partial charge in [0.25, 0.3) is 5.91 Å². The van der Waals surface area contributed by atoms with Crippen molar-refractivity contribution < 1.29 is 19.0 Å². The second kappa shape index (κ2) is 7.85. The van der Waals surface area contributed by atoms with Gasteiger partial charge < -0.3 is 24.4 Å². The molecule has 0 radical (unpaired) electrons. The van der Waals surface area contributed by atoms with Crippen LogP contribution in [0.5, 0.6) is 11.5 Å². The molecule has 0 atom stereocenters. The van der Waals surface area contributed by atoms with E-state index in [1.54, 1.807) is 37.4 Å². The Labute approximate surface area is 146 Å². The molecule has 132 valence electrons. The number of pyridine rings is 1. The first-order valence-corrected chi connectivity index (χ1v) is 8.03. The maximum absolute atomic E-state index is 12.4. The van der Waals surface area contributed by atoms with E-state index in [1.807, 2.05) is 18.2 Å². The average molecular weight is 343 g/mol. The first-order chi connectivity index (χ1) is 12.2. The third-order valence-electron chi connectivity index (χ3n) is 3.97. The minimum Gasteiger partial charge on any atom is -0.497 e. The highest BCUT2D eigenvalue weighted by Crippen LogP contribution is 2.31. The van der Waals surface area contributed by atoms with Gasteiger partial charge in [0, 0.05) is 19.2 Å². The Morgan fingerprint density at radius 1 is 1.16 bits per heavy atom. The highest BCUT2D eigenvalue weighted by Gasteiger charge is 2.19. The summed E-state index contributed by atoms with van der Waals surface area (Å²) in [6.45, 7) is 2.35. The Kier molecular flexibility index (Phi) is 5.35. The lowest BCUT2D eigenvalue weighted by Gasteiger charge is -2.26. The fourth-order valence-corrected chi connectivity index (χ4v) is 2.58. The van der Waals surface area contributed by atoms with Crippen LogP contribution in [0, 0.1) is 0 Å². The van der Waals surface area contributed by atoms with Gasteiger partial charge in [0.1, 0.15) is 17.2 Å². The SMILES string of the molecule is COc1ccc(Nc2ccc(C(=O)N3CCOCC3)nc2)c(OC)c1. The summed E-state index contributed by atoms with van der Waals surface area (Å²) in [5.41, 5.74) is 1.98. The fraction of sp³-hybridized carbons (Fsp3) is 0.333. The van der Waals surface area contributed by atoms with E-state index in [9.17, 15) is 4.79 Å². The molecule has 1 aliphatic heterocycles. The maximum atomic E-state index is 12.4. The largest absolute Gasteiger partial charge is 0.497 e. The summed E-state index contributed by atoms with van der Waals surface area (Å²) >= 11 is 0. The Morgan fingerprint density at radius 2 is 1.96 bits per heavy atom. The number of carbonyl (C=O) groups is 1. The molecule has 1 aromatic carbocycles. The summed E-state index contributed by atoms with van der Waals surface area (Å²) in [6, 6.07) is 9.05. The normalized spacial score (nSPS) is 14.1. The molecule has 2 aromatic rings. The monoisotopic (exact) mass is 343 g/mol. The summed E-state index contributed by atoms with van der Waals surface area (Å²) < 4.78 is 15.8. The molecule has 0 bridgehead atoms. The molecule has 7 nitrogen and oxygen atoms in total. The number of hydrogen-bond acceptors (Lipinski definition) is 6. The zero-order valence-corrected chi connectivity index (χ0v) is 14.3. The second-order valence-corrected chi connectivity index (χ2v) is 5.53. The number of methoxy groups -OCH3 is 2. The van der Waals surface area contributed by atoms with Gasteiger partial charge in [-0.05, 0) is 24.3 Å². The van der Waals surface area contributed by atoms with E-state index in [0.717, 1.165) is 11.4 Å². The third-order valence-corrected chi connectivity index (χ3v) is 3.97. The molecule has 25 heavy (non-hydrogen) atoms. The molecule has 0 unspecified atom stereocenters. The minimum absolute atomic E-state index is 0.0723. The zero-order chi connectivity index (χ0) is 17.6. The molecule has 0 saturated carbocycles. The molecule has 3 rings (SSSR count). The van der Waals surface area contributed by atoms with Gasteiger partial charge in [0.05, 0.1) is 45.0 Å². The Balaban J connectivity index is 1.71. The van der Waals surface area contributed by atoms with Crippen molar-refractivity contribution in [1.29, 1.82) is 0 Å². The van der Waals surface area contributed by atoms with Gasteiger partial charge >= 0.3 is 0 Å². The second-order valence-electron chi connectivity index (χ2n) is 5.53. The van der Waals surface area contributed by atoms with E-state index in [0.29, 0.717) is 43.5 Å². The third kappa shape index (κ3) is 4.00. The van der Waals surface area contributed by atoms with Crippen LogP contribution in [-0.2, 0) is 4.74 Å². The first-order valence-electron chi connectivity index (χ1n) is 8.03.